The number of carbonyl (C=O) groups excluding carboxylic acids is 2. The number of hydrogen-bond acceptors (Lipinski definition) is 3. The van der Waals surface area contributed by atoms with Crippen molar-refractivity contribution < 1.29 is 9.59 Å². The number of unbranched alkanes of at least 4 members (excludes halogenated alkanes) is 3. The molecule has 0 bridgehead atoms. The highest BCUT2D eigenvalue weighted by Crippen LogP contribution is 2.05. The first-order valence-electron chi connectivity index (χ1n) is 6.84. The molecule has 2 amide bonds. The van der Waals surface area contributed by atoms with Crippen molar-refractivity contribution in [2.24, 2.45) is 5.73 Å². The third-order valence-corrected chi connectivity index (χ3v) is 2.80. The minimum atomic E-state index is -0.111. The first kappa shape index (κ1) is 20.5. The molecule has 0 saturated heterocycles. The van der Waals surface area contributed by atoms with Gasteiger partial charge in [0.2, 0.25) is 11.8 Å². The first-order chi connectivity index (χ1) is 8.65. The van der Waals surface area contributed by atoms with Gasteiger partial charge in [-0.2, -0.15) is 0 Å². The predicted octanol–water partition coefficient (Wildman–Crippen LogP) is 1.30. The van der Waals surface area contributed by atoms with Gasteiger partial charge in [0.15, 0.2) is 0 Å². The molecule has 0 aromatic heterocycles. The monoisotopic (exact) mass is 293 g/mol. The van der Waals surface area contributed by atoms with E-state index in [-0.39, 0.29) is 30.8 Å². The standard InChI is InChI=1S/C13H27N3O2.ClH/c1-3-10-16(11-12(17)15-2)13(18)8-6-4-5-7-9-14;/h3-11,14H2,1-2H3,(H,15,17);1H. The largest absolute Gasteiger partial charge is 0.358 e. The number of amides is 2. The van der Waals surface area contributed by atoms with Gasteiger partial charge in [-0.25, -0.2) is 0 Å². The Kier molecular flexibility index (Phi) is 14.7. The SMILES string of the molecule is CCCN(CC(=O)NC)C(=O)CCCCCCN.Cl. The smallest absolute Gasteiger partial charge is 0.239 e. The zero-order valence-electron chi connectivity index (χ0n) is 12.1. The lowest BCUT2D eigenvalue weighted by Crippen LogP contribution is -2.40. The van der Waals surface area contributed by atoms with E-state index in [4.69, 9.17) is 5.73 Å². The van der Waals surface area contributed by atoms with Gasteiger partial charge >= 0.3 is 0 Å². The molecule has 0 radical (unpaired) electrons. The Morgan fingerprint density at radius 2 is 1.79 bits per heavy atom. The molecule has 0 heterocycles. The summed E-state index contributed by atoms with van der Waals surface area (Å²) in [4.78, 5) is 24.9. The van der Waals surface area contributed by atoms with Crippen molar-refractivity contribution in [3.63, 3.8) is 0 Å². The third kappa shape index (κ3) is 10.8. The second-order valence-electron chi connectivity index (χ2n) is 4.44. The number of hydrogen-bond donors (Lipinski definition) is 2. The van der Waals surface area contributed by atoms with Gasteiger partial charge in [-0.3, -0.25) is 9.59 Å². The van der Waals surface area contributed by atoms with Crippen LogP contribution in [0.5, 0.6) is 0 Å². The van der Waals surface area contributed by atoms with Crippen molar-refractivity contribution in [3.8, 4) is 0 Å². The van der Waals surface area contributed by atoms with E-state index in [2.05, 4.69) is 5.32 Å². The Hall–Kier alpha value is -0.810. The molecule has 0 fully saturated rings. The van der Waals surface area contributed by atoms with E-state index in [1.54, 1.807) is 11.9 Å². The van der Waals surface area contributed by atoms with Gasteiger partial charge in [-0.05, 0) is 25.8 Å². The highest BCUT2D eigenvalue weighted by atomic mass is 35.5. The first-order valence-corrected chi connectivity index (χ1v) is 6.84. The van der Waals surface area contributed by atoms with Crippen LogP contribution in [0.2, 0.25) is 0 Å². The number of nitrogens with two attached hydrogens (primary N) is 1. The van der Waals surface area contributed by atoms with Crippen LogP contribution in [0, 0.1) is 0 Å². The van der Waals surface area contributed by atoms with E-state index in [0.29, 0.717) is 19.5 Å². The number of carbonyl (C=O) groups is 2. The summed E-state index contributed by atoms with van der Waals surface area (Å²) in [7, 11) is 1.59. The Labute approximate surface area is 122 Å². The molecule has 0 aliphatic carbocycles. The number of rotatable bonds is 10. The molecular weight excluding hydrogens is 266 g/mol. The van der Waals surface area contributed by atoms with Crippen molar-refractivity contribution in [2.75, 3.05) is 26.7 Å². The highest BCUT2D eigenvalue weighted by Gasteiger charge is 2.14. The van der Waals surface area contributed by atoms with Gasteiger partial charge in [0.1, 0.15) is 0 Å². The van der Waals surface area contributed by atoms with Crippen LogP contribution in [0.4, 0.5) is 0 Å². The fraction of sp³-hybridized carbons (Fsp3) is 0.846. The molecule has 114 valence electrons. The van der Waals surface area contributed by atoms with Crippen LogP contribution < -0.4 is 11.1 Å². The summed E-state index contributed by atoms with van der Waals surface area (Å²) in [5, 5.41) is 2.55. The van der Waals surface area contributed by atoms with Crippen LogP contribution >= 0.6 is 12.4 Å². The quantitative estimate of drug-likeness (QED) is 0.596. The third-order valence-electron chi connectivity index (χ3n) is 2.80. The highest BCUT2D eigenvalue weighted by molar-refractivity contribution is 5.85. The molecule has 19 heavy (non-hydrogen) atoms. The molecule has 0 rings (SSSR count). The minimum Gasteiger partial charge on any atom is -0.358 e. The summed E-state index contributed by atoms with van der Waals surface area (Å²) in [5.74, 6) is -0.0341. The van der Waals surface area contributed by atoms with Crippen LogP contribution in [0.1, 0.15) is 45.4 Å². The molecule has 0 aliphatic rings. The molecule has 0 saturated carbocycles. The van der Waals surface area contributed by atoms with Crippen molar-refractivity contribution in [1.29, 1.82) is 0 Å². The normalized spacial score (nSPS) is 9.63. The van der Waals surface area contributed by atoms with Crippen LogP contribution in [0.15, 0.2) is 0 Å². The molecule has 0 spiro atoms. The van der Waals surface area contributed by atoms with Crippen LogP contribution in [-0.4, -0.2) is 43.4 Å². The van der Waals surface area contributed by atoms with Gasteiger partial charge in [-0.15, -0.1) is 12.4 Å². The average molecular weight is 294 g/mol. The molecule has 0 atom stereocenters. The zero-order valence-corrected chi connectivity index (χ0v) is 12.9. The fourth-order valence-corrected chi connectivity index (χ4v) is 1.75. The van der Waals surface area contributed by atoms with Crippen molar-refractivity contribution in [2.45, 2.75) is 45.4 Å². The molecular formula is C13H28ClN3O2. The second kappa shape index (κ2) is 13.6. The van der Waals surface area contributed by atoms with Crippen LogP contribution in [-0.2, 0) is 9.59 Å². The predicted molar refractivity (Wildman–Crippen MR) is 80.3 cm³/mol. The van der Waals surface area contributed by atoms with Crippen LogP contribution in [0.25, 0.3) is 0 Å². The Bertz CT molecular complexity index is 250. The topological polar surface area (TPSA) is 75.4 Å². The Morgan fingerprint density at radius 3 is 2.32 bits per heavy atom. The Morgan fingerprint density at radius 1 is 1.16 bits per heavy atom. The summed E-state index contributed by atoms with van der Waals surface area (Å²) in [6.07, 6.45) is 5.41. The van der Waals surface area contributed by atoms with Crippen molar-refractivity contribution >= 4 is 24.2 Å². The van der Waals surface area contributed by atoms with Gasteiger partial charge < -0.3 is 16.0 Å². The van der Waals surface area contributed by atoms with Crippen molar-refractivity contribution in [1.82, 2.24) is 10.2 Å². The van der Waals surface area contributed by atoms with E-state index < -0.39 is 0 Å². The maximum Gasteiger partial charge on any atom is 0.239 e. The Balaban J connectivity index is 0. The maximum atomic E-state index is 11.9. The average Bonchev–Trinajstić information content (AvgIpc) is 2.37. The fourth-order valence-electron chi connectivity index (χ4n) is 1.75. The summed E-state index contributed by atoms with van der Waals surface area (Å²) < 4.78 is 0. The van der Waals surface area contributed by atoms with Gasteiger partial charge in [0.05, 0.1) is 6.54 Å². The van der Waals surface area contributed by atoms with E-state index in [1.165, 1.54) is 0 Å². The minimum absolute atomic E-state index is 0. The lowest BCUT2D eigenvalue weighted by molar-refractivity contribution is -0.136. The number of nitrogens with one attached hydrogen (secondary N) is 1. The molecule has 0 aromatic carbocycles. The van der Waals surface area contributed by atoms with Gasteiger partial charge in [0, 0.05) is 20.0 Å². The van der Waals surface area contributed by atoms with Crippen molar-refractivity contribution in [3.05, 3.63) is 0 Å². The lowest BCUT2D eigenvalue weighted by Gasteiger charge is -2.21. The number of likely N-dealkylation sites (N-methyl/N-ethyl adjacent to an activating group) is 1. The molecule has 5 nitrogen and oxygen atoms in total. The summed E-state index contributed by atoms with van der Waals surface area (Å²) in [5.41, 5.74) is 5.41. The van der Waals surface area contributed by atoms with E-state index in [0.717, 1.165) is 32.1 Å². The molecule has 3 N–H and O–H groups in total. The molecule has 0 unspecified atom stereocenters. The van der Waals surface area contributed by atoms with Gasteiger partial charge in [0.25, 0.3) is 0 Å². The molecule has 0 aromatic rings. The molecule has 6 heteroatoms. The molecule has 0 aliphatic heterocycles. The van der Waals surface area contributed by atoms with E-state index >= 15 is 0 Å². The maximum absolute atomic E-state index is 11.9. The van der Waals surface area contributed by atoms with E-state index in [9.17, 15) is 9.59 Å². The van der Waals surface area contributed by atoms with E-state index in [1.807, 2.05) is 6.92 Å². The van der Waals surface area contributed by atoms with Crippen LogP contribution in [0.3, 0.4) is 0 Å². The lowest BCUT2D eigenvalue weighted by atomic mass is 10.1. The zero-order chi connectivity index (χ0) is 13.8. The second-order valence-corrected chi connectivity index (χ2v) is 4.44. The summed E-state index contributed by atoms with van der Waals surface area (Å²) in [6.45, 7) is 3.54. The summed E-state index contributed by atoms with van der Waals surface area (Å²) >= 11 is 0. The van der Waals surface area contributed by atoms with Gasteiger partial charge in [-0.1, -0.05) is 19.8 Å². The summed E-state index contributed by atoms with van der Waals surface area (Å²) in [6, 6.07) is 0. The number of nitrogens with zero attached hydrogens (tertiary/aromatic N) is 1. The number of halogens is 1.